The predicted molar refractivity (Wildman–Crippen MR) is 133 cm³/mol. The van der Waals surface area contributed by atoms with Gasteiger partial charge < -0.3 is 19.6 Å². The van der Waals surface area contributed by atoms with Crippen LogP contribution in [0.2, 0.25) is 0 Å². The number of rotatable bonds is 9. The zero-order valence-corrected chi connectivity index (χ0v) is 20.8. The molecule has 2 aromatic rings. The quantitative estimate of drug-likeness (QED) is 0.228. The summed E-state index contributed by atoms with van der Waals surface area (Å²) >= 11 is 3.43. The second-order valence-electron chi connectivity index (χ2n) is 8.28. The summed E-state index contributed by atoms with van der Waals surface area (Å²) in [6, 6.07) is 12.0. The number of carbonyl (C=O) groups excluding carboxylic acids is 2. The predicted octanol–water partition coefficient (Wildman–Crippen LogP) is 4.70. The van der Waals surface area contributed by atoms with Crippen LogP contribution in [0.4, 0.5) is 0 Å². The first-order valence-electron chi connectivity index (χ1n) is 10.8. The minimum absolute atomic E-state index is 0.103. The van der Waals surface area contributed by atoms with E-state index in [0.29, 0.717) is 30.9 Å². The molecule has 1 N–H and O–H groups in total. The van der Waals surface area contributed by atoms with Crippen molar-refractivity contribution in [3.8, 4) is 5.75 Å². The Morgan fingerprint density at radius 2 is 1.91 bits per heavy atom. The molecule has 1 heterocycles. The number of ketones is 1. The van der Waals surface area contributed by atoms with E-state index in [-0.39, 0.29) is 11.3 Å². The van der Waals surface area contributed by atoms with Crippen LogP contribution in [-0.4, -0.2) is 60.4 Å². The van der Waals surface area contributed by atoms with Gasteiger partial charge in [-0.25, -0.2) is 0 Å². The van der Waals surface area contributed by atoms with Crippen molar-refractivity contribution >= 4 is 33.4 Å². The molecule has 1 unspecified atom stereocenters. The third-order valence-electron chi connectivity index (χ3n) is 5.54. The maximum atomic E-state index is 13.1. The van der Waals surface area contributed by atoms with Gasteiger partial charge in [0, 0.05) is 16.6 Å². The average molecular weight is 513 g/mol. The highest BCUT2D eigenvalue weighted by molar-refractivity contribution is 9.10. The maximum absolute atomic E-state index is 13.1. The van der Waals surface area contributed by atoms with Gasteiger partial charge >= 0.3 is 0 Å². The third-order valence-corrected chi connectivity index (χ3v) is 6.06. The Hall–Kier alpha value is -2.90. The minimum atomic E-state index is -0.671. The first kappa shape index (κ1) is 24.7. The maximum Gasteiger partial charge on any atom is 0.295 e. The fourth-order valence-electron chi connectivity index (χ4n) is 3.92. The lowest BCUT2D eigenvalue weighted by molar-refractivity contribution is -0.139. The van der Waals surface area contributed by atoms with E-state index in [0.717, 1.165) is 22.1 Å². The van der Waals surface area contributed by atoms with Crippen molar-refractivity contribution in [3.05, 3.63) is 81.9 Å². The largest absolute Gasteiger partial charge is 0.507 e. The molecule has 2 aromatic carbocycles. The van der Waals surface area contributed by atoms with E-state index in [2.05, 4.69) is 22.5 Å². The van der Waals surface area contributed by atoms with E-state index in [1.54, 1.807) is 29.2 Å². The van der Waals surface area contributed by atoms with Crippen LogP contribution in [-0.2, 0) is 9.59 Å². The summed E-state index contributed by atoms with van der Waals surface area (Å²) in [6.45, 7) is 7.07. The normalized spacial score (nSPS) is 17.6. The van der Waals surface area contributed by atoms with Crippen LogP contribution < -0.4 is 4.74 Å². The molecule has 1 aliphatic rings. The lowest BCUT2D eigenvalue weighted by atomic mass is 9.95. The van der Waals surface area contributed by atoms with E-state index >= 15 is 0 Å². The molecule has 0 aliphatic carbocycles. The van der Waals surface area contributed by atoms with Gasteiger partial charge in [-0.2, -0.15) is 0 Å². The number of aliphatic hydroxyl groups excluding tert-OH is 1. The molecule has 1 fully saturated rings. The van der Waals surface area contributed by atoms with Gasteiger partial charge in [-0.3, -0.25) is 9.59 Å². The molecule has 0 bridgehead atoms. The molecule has 1 saturated heterocycles. The number of Topliss-reactive ketones (excluding diaryl/α,β-unsaturated/α-hetero) is 1. The molecular formula is C26H29BrN2O4. The summed E-state index contributed by atoms with van der Waals surface area (Å²) in [4.78, 5) is 29.7. The van der Waals surface area contributed by atoms with Crippen LogP contribution in [0.25, 0.3) is 5.76 Å². The summed E-state index contributed by atoms with van der Waals surface area (Å²) in [7, 11) is 3.93. The summed E-state index contributed by atoms with van der Waals surface area (Å²) in [5.74, 6) is -0.782. The fraction of sp³-hybridized carbons (Fsp3) is 0.308. The molecular weight excluding hydrogens is 484 g/mol. The van der Waals surface area contributed by atoms with E-state index in [9.17, 15) is 14.7 Å². The Morgan fingerprint density at radius 3 is 2.52 bits per heavy atom. The van der Waals surface area contributed by atoms with Gasteiger partial charge in [-0.05, 0) is 75.4 Å². The number of nitrogens with zero attached hydrogens (tertiary/aromatic N) is 2. The van der Waals surface area contributed by atoms with Crippen molar-refractivity contribution < 1.29 is 19.4 Å². The van der Waals surface area contributed by atoms with Crippen LogP contribution in [0.1, 0.15) is 29.2 Å². The summed E-state index contributed by atoms with van der Waals surface area (Å²) in [5, 5.41) is 11.2. The lowest BCUT2D eigenvalue weighted by Crippen LogP contribution is -2.32. The Morgan fingerprint density at radius 1 is 1.21 bits per heavy atom. The van der Waals surface area contributed by atoms with Crippen molar-refractivity contribution in [1.82, 2.24) is 9.80 Å². The zero-order chi connectivity index (χ0) is 24.1. The molecule has 1 aliphatic heterocycles. The second kappa shape index (κ2) is 10.8. The minimum Gasteiger partial charge on any atom is -0.507 e. The molecule has 174 valence electrons. The molecule has 33 heavy (non-hydrogen) atoms. The topological polar surface area (TPSA) is 70.1 Å². The number of carbonyl (C=O) groups is 2. The molecule has 0 spiro atoms. The smallest absolute Gasteiger partial charge is 0.295 e. The average Bonchev–Trinajstić information content (AvgIpc) is 3.03. The molecule has 3 rings (SSSR count). The number of likely N-dealkylation sites (tertiary alicyclic amines) is 1. The van der Waals surface area contributed by atoms with Gasteiger partial charge in [0.15, 0.2) is 0 Å². The van der Waals surface area contributed by atoms with Crippen molar-refractivity contribution in [3.63, 3.8) is 0 Å². The van der Waals surface area contributed by atoms with Crippen LogP contribution in [0.5, 0.6) is 5.75 Å². The molecule has 1 atom stereocenters. The van der Waals surface area contributed by atoms with Gasteiger partial charge in [-0.1, -0.05) is 40.7 Å². The number of halogens is 1. The van der Waals surface area contributed by atoms with Crippen LogP contribution in [0, 0.1) is 6.92 Å². The van der Waals surface area contributed by atoms with Gasteiger partial charge in [0.25, 0.3) is 11.7 Å². The van der Waals surface area contributed by atoms with Crippen molar-refractivity contribution in [1.29, 1.82) is 0 Å². The molecule has 7 heteroatoms. The second-order valence-corrected chi connectivity index (χ2v) is 9.20. The molecule has 1 amide bonds. The van der Waals surface area contributed by atoms with Crippen LogP contribution in [0.3, 0.4) is 0 Å². The van der Waals surface area contributed by atoms with Gasteiger partial charge in [0.2, 0.25) is 0 Å². The summed E-state index contributed by atoms with van der Waals surface area (Å²) in [5.41, 5.74) is 2.14. The Labute approximate surface area is 203 Å². The fourth-order valence-corrected chi connectivity index (χ4v) is 4.19. The molecule has 0 aromatic heterocycles. The number of ether oxygens (including phenoxy) is 1. The number of aryl methyl sites for hydroxylation is 1. The summed E-state index contributed by atoms with van der Waals surface area (Å²) < 4.78 is 6.50. The van der Waals surface area contributed by atoms with Crippen molar-refractivity contribution in [2.75, 3.05) is 33.8 Å². The number of hydrogen-bond donors (Lipinski definition) is 1. The third kappa shape index (κ3) is 5.54. The number of aliphatic hydroxyl groups is 1. The van der Waals surface area contributed by atoms with E-state index in [1.165, 1.54) is 0 Å². The summed E-state index contributed by atoms with van der Waals surface area (Å²) in [6.07, 6.45) is 2.37. The Bertz CT molecular complexity index is 1080. The Kier molecular flexibility index (Phi) is 8.10. The van der Waals surface area contributed by atoms with Crippen molar-refractivity contribution in [2.45, 2.75) is 19.4 Å². The number of hydrogen-bond acceptors (Lipinski definition) is 5. The lowest BCUT2D eigenvalue weighted by Gasteiger charge is -2.26. The van der Waals surface area contributed by atoms with E-state index < -0.39 is 17.7 Å². The number of amides is 1. The SMILES string of the molecule is C=CCOc1ccc(C(O)=C2C(=O)C(=O)N(CCCN(C)C)C2c2ccc(Br)cc2)cc1C. The standard InChI is InChI=1S/C26H29BrN2O4/c1-5-15-33-21-12-9-19(16-17(21)2)24(30)22-23(18-7-10-20(27)11-8-18)29(26(32)25(22)31)14-6-13-28(3)4/h5,7-12,16,23,30H,1,6,13-15H2,2-4H3. The van der Waals surface area contributed by atoms with E-state index in [4.69, 9.17) is 4.74 Å². The molecule has 0 saturated carbocycles. The van der Waals surface area contributed by atoms with Crippen molar-refractivity contribution in [2.24, 2.45) is 0 Å². The molecule has 0 radical (unpaired) electrons. The monoisotopic (exact) mass is 512 g/mol. The van der Waals surface area contributed by atoms with E-state index in [1.807, 2.05) is 50.2 Å². The van der Waals surface area contributed by atoms with Crippen LogP contribution in [0.15, 0.2) is 65.2 Å². The first-order chi connectivity index (χ1) is 15.7. The van der Waals surface area contributed by atoms with Crippen LogP contribution >= 0.6 is 15.9 Å². The number of benzene rings is 2. The van der Waals surface area contributed by atoms with Gasteiger partial charge in [0.1, 0.15) is 18.1 Å². The Balaban J connectivity index is 2.06. The first-order valence-corrected chi connectivity index (χ1v) is 11.6. The highest BCUT2D eigenvalue weighted by atomic mass is 79.9. The van der Waals surface area contributed by atoms with Gasteiger partial charge in [0.05, 0.1) is 11.6 Å². The zero-order valence-electron chi connectivity index (χ0n) is 19.2. The highest BCUT2D eigenvalue weighted by Gasteiger charge is 2.45. The molecule has 6 nitrogen and oxygen atoms in total. The highest BCUT2D eigenvalue weighted by Crippen LogP contribution is 2.40. The van der Waals surface area contributed by atoms with Gasteiger partial charge in [-0.15, -0.1) is 0 Å².